The van der Waals surface area contributed by atoms with Crippen molar-refractivity contribution in [1.82, 2.24) is 4.90 Å². The first-order valence-corrected chi connectivity index (χ1v) is 6.91. The molecule has 1 aliphatic heterocycles. The molecular formula is C14H14ClN3O3. The molecule has 0 aliphatic carbocycles. The average molecular weight is 308 g/mol. The number of benzene rings is 1. The molecule has 1 atom stereocenters. The first-order valence-electron chi connectivity index (χ1n) is 6.53. The molecule has 0 aromatic heterocycles. The number of urea groups is 1. The van der Waals surface area contributed by atoms with Gasteiger partial charge in [-0.05, 0) is 37.5 Å². The molecule has 6 nitrogen and oxygen atoms in total. The number of piperidine rings is 1. The fraction of sp³-hybridized carbons (Fsp3) is 0.357. The normalized spacial score (nSPS) is 17.9. The second-order valence-electron chi connectivity index (χ2n) is 4.78. The minimum atomic E-state index is -1.01. The minimum absolute atomic E-state index is 0.297. The van der Waals surface area contributed by atoms with Crippen molar-refractivity contribution in [2.24, 2.45) is 0 Å². The van der Waals surface area contributed by atoms with Gasteiger partial charge in [-0.2, -0.15) is 5.26 Å². The van der Waals surface area contributed by atoms with Crippen LogP contribution in [0.25, 0.3) is 0 Å². The molecule has 1 fully saturated rings. The summed E-state index contributed by atoms with van der Waals surface area (Å²) in [5.74, 6) is -1.01. The smallest absolute Gasteiger partial charge is 0.326 e. The third-order valence-corrected chi connectivity index (χ3v) is 3.72. The van der Waals surface area contributed by atoms with Gasteiger partial charge in [-0.1, -0.05) is 11.6 Å². The molecule has 110 valence electrons. The van der Waals surface area contributed by atoms with Crippen LogP contribution in [0.2, 0.25) is 5.02 Å². The van der Waals surface area contributed by atoms with Crippen LogP contribution in [0.5, 0.6) is 0 Å². The fourth-order valence-corrected chi connectivity index (χ4v) is 2.47. The molecule has 2 N–H and O–H groups in total. The van der Waals surface area contributed by atoms with Gasteiger partial charge < -0.3 is 15.3 Å². The Kier molecular flexibility index (Phi) is 4.66. The molecule has 2 amide bonds. The van der Waals surface area contributed by atoms with Crippen LogP contribution in [0, 0.1) is 11.3 Å². The van der Waals surface area contributed by atoms with Gasteiger partial charge in [0, 0.05) is 6.54 Å². The van der Waals surface area contributed by atoms with Gasteiger partial charge in [0.25, 0.3) is 0 Å². The molecule has 1 heterocycles. The quantitative estimate of drug-likeness (QED) is 0.878. The number of carboxylic acid groups (broad SMARTS) is 1. The van der Waals surface area contributed by atoms with E-state index >= 15 is 0 Å². The summed E-state index contributed by atoms with van der Waals surface area (Å²) in [6.45, 7) is 0.387. The van der Waals surface area contributed by atoms with Crippen LogP contribution in [0.1, 0.15) is 24.8 Å². The molecule has 2 rings (SSSR count). The number of carboxylic acids is 1. The van der Waals surface area contributed by atoms with Crippen LogP contribution in [0.15, 0.2) is 18.2 Å². The molecular weight excluding hydrogens is 294 g/mol. The lowest BCUT2D eigenvalue weighted by atomic mass is 10.0. The maximum atomic E-state index is 12.2. The highest BCUT2D eigenvalue weighted by Crippen LogP contribution is 2.24. The van der Waals surface area contributed by atoms with E-state index in [0.717, 1.165) is 12.8 Å². The standard InChI is InChI=1S/C14H14ClN3O3/c15-10-5-4-9(8-16)7-11(10)17-14(21)18-6-2-1-3-12(18)13(19)20/h4-5,7,12H,1-3,6H2,(H,17,21)(H,19,20). The van der Waals surface area contributed by atoms with Gasteiger partial charge in [0.1, 0.15) is 6.04 Å². The number of likely N-dealkylation sites (tertiary alicyclic amines) is 1. The largest absolute Gasteiger partial charge is 0.480 e. The monoisotopic (exact) mass is 307 g/mol. The average Bonchev–Trinajstić information content (AvgIpc) is 2.49. The van der Waals surface area contributed by atoms with Crippen LogP contribution in [0.3, 0.4) is 0 Å². The lowest BCUT2D eigenvalue weighted by Gasteiger charge is -2.32. The van der Waals surface area contributed by atoms with E-state index < -0.39 is 18.0 Å². The van der Waals surface area contributed by atoms with Crippen molar-refractivity contribution < 1.29 is 14.7 Å². The zero-order valence-corrected chi connectivity index (χ0v) is 11.9. The number of nitrogens with zero attached hydrogens (tertiary/aromatic N) is 2. The summed E-state index contributed by atoms with van der Waals surface area (Å²) in [5.41, 5.74) is 0.665. The number of amides is 2. The van der Waals surface area contributed by atoms with Crippen molar-refractivity contribution in [3.8, 4) is 6.07 Å². The summed E-state index contributed by atoms with van der Waals surface area (Å²) in [5, 5.41) is 20.9. The van der Waals surface area contributed by atoms with Crippen LogP contribution in [-0.4, -0.2) is 34.6 Å². The van der Waals surface area contributed by atoms with Gasteiger partial charge in [-0.3, -0.25) is 0 Å². The number of nitriles is 1. The lowest BCUT2D eigenvalue weighted by Crippen LogP contribution is -2.49. The minimum Gasteiger partial charge on any atom is -0.480 e. The van der Waals surface area contributed by atoms with E-state index in [2.05, 4.69) is 5.32 Å². The van der Waals surface area contributed by atoms with Crippen molar-refractivity contribution >= 4 is 29.3 Å². The van der Waals surface area contributed by atoms with Gasteiger partial charge in [0.15, 0.2) is 0 Å². The van der Waals surface area contributed by atoms with Gasteiger partial charge in [-0.15, -0.1) is 0 Å². The molecule has 1 saturated heterocycles. The molecule has 1 aromatic carbocycles. The topological polar surface area (TPSA) is 93.4 Å². The number of carbonyl (C=O) groups is 2. The van der Waals surface area contributed by atoms with Crippen molar-refractivity contribution in [3.63, 3.8) is 0 Å². The third kappa shape index (κ3) is 3.44. The van der Waals surface area contributed by atoms with E-state index in [1.54, 1.807) is 6.07 Å². The fourth-order valence-electron chi connectivity index (χ4n) is 2.31. The summed E-state index contributed by atoms with van der Waals surface area (Å²) in [4.78, 5) is 24.7. The predicted octanol–water partition coefficient (Wildman–Crippen LogP) is 2.68. The molecule has 7 heteroatoms. The van der Waals surface area contributed by atoms with Crippen molar-refractivity contribution in [2.45, 2.75) is 25.3 Å². The number of nitrogens with one attached hydrogen (secondary N) is 1. The highest BCUT2D eigenvalue weighted by atomic mass is 35.5. The van der Waals surface area contributed by atoms with Crippen LogP contribution in [-0.2, 0) is 4.79 Å². The van der Waals surface area contributed by atoms with E-state index in [1.165, 1.54) is 17.0 Å². The predicted molar refractivity (Wildman–Crippen MR) is 77.2 cm³/mol. The summed E-state index contributed by atoms with van der Waals surface area (Å²) < 4.78 is 0. The van der Waals surface area contributed by atoms with Gasteiger partial charge in [-0.25, -0.2) is 9.59 Å². The number of aliphatic carboxylic acids is 1. The summed E-state index contributed by atoms with van der Waals surface area (Å²) in [7, 11) is 0. The Bertz CT molecular complexity index is 612. The molecule has 1 aliphatic rings. The number of carbonyl (C=O) groups excluding carboxylic acids is 1. The maximum Gasteiger partial charge on any atom is 0.326 e. The first-order chi connectivity index (χ1) is 10.0. The van der Waals surface area contributed by atoms with Gasteiger partial charge >= 0.3 is 12.0 Å². The summed E-state index contributed by atoms with van der Waals surface area (Å²) in [6.07, 6.45) is 1.99. The highest BCUT2D eigenvalue weighted by Gasteiger charge is 2.32. The van der Waals surface area contributed by atoms with Crippen LogP contribution >= 0.6 is 11.6 Å². The second kappa shape index (κ2) is 6.46. The molecule has 0 radical (unpaired) electrons. The molecule has 21 heavy (non-hydrogen) atoms. The Morgan fingerprint density at radius 2 is 2.19 bits per heavy atom. The van der Waals surface area contributed by atoms with Crippen molar-refractivity contribution in [1.29, 1.82) is 5.26 Å². The number of rotatable bonds is 2. The molecule has 1 unspecified atom stereocenters. The number of halogens is 1. The molecule has 0 spiro atoms. The van der Waals surface area contributed by atoms with Crippen LogP contribution < -0.4 is 5.32 Å². The summed E-state index contributed by atoms with van der Waals surface area (Å²) in [6, 6.07) is 5.13. The third-order valence-electron chi connectivity index (χ3n) is 3.39. The van der Waals surface area contributed by atoms with E-state index in [-0.39, 0.29) is 0 Å². The van der Waals surface area contributed by atoms with Gasteiger partial charge in [0.05, 0.1) is 22.3 Å². The highest BCUT2D eigenvalue weighted by molar-refractivity contribution is 6.33. The zero-order valence-electron chi connectivity index (χ0n) is 11.2. The Morgan fingerprint density at radius 3 is 2.86 bits per heavy atom. The van der Waals surface area contributed by atoms with Crippen molar-refractivity contribution in [2.75, 3.05) is 11.9 Å². The Hall–Kier alpha value is -2.26. The second-order valence-corrected chi connectivity index (χ2v) is 5.19. The summed E-state index contributed by atoms with van der Waals surface area (Å²) >= 11 is 5.98. The van der Waals surface area contributed by atoms with E-state index in [1.807, 2.05) is 6.07 Å². The van der Waals surface area contributed by atoms with Gasteiger partial charge in [0.2, 0.25) is 0 Å². The Balaban J connectivity index is 2.17. The Labute approximate surface area is 126 Å². The first kappa shape index (κ1) is 15.1. The number of anilines is 1. The maximum absolute atomic E-state index is 12.2. The van der Waals surface area contributed by atoms with E-state index in [9.17, 15) is 9.59 Å². The SMILES string of the molecule is N#Cc1ccc(Cl)c(NC(=O)N2CCCCC2C(=O)O)c1. The van der Waals surface area contributed by atoms with E-state index in [0.29, 0.717) is 29.2 Å². The molecule has 1 aromatic rings. The Morgan fingerprint density at radius 1 is 1.43 bits per heavy atom. The number of hydrogen-bond donors (Lipinski definition) is 2. The lowest BCUT2D eigenvalue weighted by molar-refractivity contribution is -0.143. The van der Waals surface area contributed by atoms with E-state index in [4.69, 9.17) is 22.0 Å². The van der Waals surface area contributed by atoms with Crippen LogP contribution in [0.4, 0.5) is 10.5 Å². The molecule has 0 saturated carbocycles. The van der Waals surface area contributed by atoms with Crippen molar-refractivity contribution in [3.05, 3.63) is 28.8 Å². The number of hydrogen-bond acceptors (Lipinski definition) is 3. The zero-order chi connectivity index (χ0) is 15.4. The molecule has 0 bridgehead atoms.